The van der Waals surface area contributed by atoms with Crippen molar-refractivity contribution >= 4 is 12.0 Å². The van der Waals surface area contributed by atoms with Gasteiger partial charge in [-0.15, -0.1) is 0 Å². The Bertz CT molecular complexity index is 381. The molecule has 2 amide bonds. The molecular formula is C14H24N2O3. The van der Waals surface area contributed by atoms with Gasteiger partial charge in [-0.3, -0.25) is 0 Å². The molecule has 2 rings (SSSR count). The van der Waals surface area contributed by atoms with Gasteiger partial charge in [-0.2, -0.15) is 0 Å². The maximum absolute atomic E-state index is 12.0. The molecule has 2 saturated carbocycles. The minimum absolute atomic E-state index is 0.296. The first-order valence-corrected chi connectivity index (χ1v) is 7.06. The average molecular weight is 268 g/mol. The number of urea groups is 1. The van der Waals surface area contributed by atoms with Crippen LogP contribution in [0.4, 0.5) is 4.79 Å². The summed E-state index contributed by atoms with van der Waals surface area (Å²) in [5.41, 5.74) is -1.22. The second-order valence-electron chi connectivity index (χ2n) is 6.68. The fourth-order valence-corrected chi connectivity index (χ4v) is 3.45. The third kappa shape index (κ3) is 3.01. The molecule has 0 radical (unpaired) electrons. The molecule has 19 heavy (non-hydrogen) atoms. The van der Waals surface area contributed by atoms with Crippen LogP contribution in [0, 0.1) is 17.8 Å². The van der Waals surface area contributed by atoms with Crippen LogP contribution in [-0.4, -0.2) is 41.1 Å². The summed E-state index contributed by atoms with van der Waals surface area (Å²) in [5.74, 6) is 1.21. The molecule has 2 aliphatic rings. The molecule has 0 aromatic heterocycles. The van der Waals surface area contributed by atoms with Gasteiger partial charge < -0.3 is 15.3 Å². The summed E-state index contributed by atoms with van der Waals surface area (Å²) in [4.78, 5) is 24.6. The predicted octanol–water partition coefficient (Wildman–Crippen LogP) is 1.93. The van der Waals surface area contributed by atoms with Gasteiger partial charge >= 0.3 is 12.0 Å². The highest BCUT2D eigenvalue weighted by Gasteiger charge is 2.40. The van der Waals surface area contributed by atoms with Crippen LogP contribution in [0.1, 0.15) is 39.5 Å². The van der Waals surface area contributed by atoms with E-state index in [1.165, 1.54) is 39.5 Å². The molecule has 108 valence electrons. The number of carboxylic acids is 1. The van der Waals surface area contributed by atoms with Crippen molar-refractivity contribution < 1.29 is 14.7 Å². The van der Waals surface area contributed by atoms with Crippen molar-refractivity contribution in [3.8, 4) is 0 Å². The lowest BCUT2D eigenvalue weighted by molar-refractivity contribution is -0.143. The summed E-state index contributed by atoms with van der Waals surface area (Å²) < 4.78 is 0. The van der Waals surface area contributed by atoms with Crippen molar-refractivity contribution in [3.63, 3.8) is 0 Å². The molecule has 5 nitrogen and oxygen atoms in total. The Hall–Kier alpha value is -1.26. The predicted molar refractivity (Wildman–Crippen MR) is 71.8 cm³/mol. The van der Waals surface area contributed by atoms with Crippen molar-refractivity contribution in [1.82, 2.24) is 10.2 Å². The summed E-state index contributed by atoms with van der Waals surface area (Å²) in [6.07, 6.45) is 5.19. The van der Waals surface area contributed by atoms with E-state index < -0.39 is 11.5 Å². The third-order valence-electron chi connectivity index (χ3n) is 4.69. The molecule has 3 unspecified atom stereocenters. The Labute approximate surface area is 114 Å². The molecule has 2 aliphatic carbocycles. The van der Waals surface area contributed by atoms with E-state index in [0.29, 0.717) is 5.92 Å². The third-order valence-corrected chi connectivity index (χ3v) is 4.69. The summed E-state index contributed by atoms with van der Waals surface area (Å²) in [6.45, 7) is 3.74. The fraction of sp³-hybridized carbons (Fsp3) is 0.857. The highest BCUT2D eigenvalue weighted by atomic mass is 16.4. The zero-order valence-corrected chi connectivity index (χ0v) is 12.0. The van der Waals surface area contributed by atoms with Crippen molar-refractivity contribution in [1.29, 1.82) is 0 Å². The largest absolute Gasteiger partial charge is 0.480 e. The average Bonchev–Trinajstić information content (AvgIpc) is 2.89. The number of nitrogens with zero attached hydrogens (tertiary/aromatic N) is 1. The van der Waals surface area contributed by atoms with Crippen LogP contribution >= 0.6 is 0 Å². The van der Waals surface area contributed by atoms with Crippen molar-refractivity contribution in [2.45, 2.75) is 45.1 Å². The molecule has 0 aromatic rings. The van der Waals surface area contributed by atoms with Crippen molar-refractivity contribution in [2.24, 2.45) is 17.8 Å². The Balaban J connectivity index is 1.84. The standard InChI is InChI=1S/C14H24N2O3/c1-14(2,12(17)18)15-13(19)16(3)8-11-7-9-4-5-10(11)6-9/h9-11H,4-8H2,1-3H3,(H,15,19)(H,17,18). The SMILES string of the molecule is CN(CC1CC2CCC1C2)C(=O)NC(C)(C)C(=O)O. The Morgan fingerprint density at radius 2 is 2.00 bits per heavy atom. The Morgan fingerprint density at radius 1 is 1.32 bits per heavy atom. The molecule has 0 spiro atoms. The lowest BCUT2D eigenvalue weighted by atomic mass is 9.88. The van der Waals surface area contributed by atoms with Gasteiger partial charge in [0.15, 0.2) is 0 Å². The van der Waals surface area contributed by atoms with Gasteiger partial charge in [0.1, 0.15) is 5.54 Å². The second-order valence-corrected chi connectivity index (χ2v) is 6.68. The maximum atomic E-state index is 12.0. The van der Waals surface area contributed by atoms with Crippen LogP contribution in [0.5, 0.6) is 0 Å². The zero-order chi connectivity index (χ0) is 14.2. The van der Waals surface area contributed by atoms with Crippen LogP contribution in [0.3, 0.4) is 0 Å². The van der Waals surface area contributed by atoms with Crippen LogP contribution in [0.2, 0.25) is 0 Å². The minimum Gasteiger partial charge on any atom is -0.480 e. The van der Waals surface area contributed by atoms with Gasteiger partial charge in [0, 0.05) is 13.6 Å². The monoisotopic (exact) mass is 268 g/mol. The number of hydrogen-bond acceptors (Lipinski definition) is 2. The van der Waals surface area contributed by atoms with E-state index in [1.54, 1.807) is 11.9 Å². The van der Waals surface area contributed by atoms with Gasteiger partial charge in [0.05, 0.1) is 0 Å². The number of hydrogen-bond donors (Lipinski definition) is 2. The van der Waals surface area contributed by atoms with E-state index in [2.05, 4.69) is 5.32 Å². The number of carbonyl (C=O) groups is 2. The highest BCUT2D eigenvalue weighted by molar-refractivity contribution is 5.85. The van der Waals surface area contributed by atoms with Crippen molar-refractivity contribution in [2.75, 3.05) is 13.6 Å². The number of carboxylic acid groups (broad SMARTS) is 1. The van der Waals surface area contributed by atoms with E-state index in [0.717, 1.165) is 18.4 Å². The summed E-state index contributed by atoms with van der Waals surface area (Å²) in [6, 6.07) is -0.296. The molecule has 5 heteroatoms. The van der Waals surface area contributed by atoms with E-state index in [4.69, 9.17) is 5.11 Å². The van der Waals surface area contributed by atoms with Gasteiger partial charge in [-0.1, -0.05) is 6.42 Å². The van der Waals surface area contributed by atoms with E-state index in [1.807, 2.05) is 0 Å². The molecule has 2 fully saturated rings. The fourth-order valence-electron chi connectivity index (χ4n) is 3.45. The van der Waals surface area contributed by atoms with Gasteiger partial charge in [0.2, 0.25) is 0 Å². The second kappa shape index (κ2) is 5.02. The Kier molecular flexibility index (Phi) is 3.74. The van der Waals surface area contributed by atoms with Crippen LogP contribution in [0.15, 0.2) is 0 Å². The highest BCUT2D eigenvalue weighted by Crippen LogP contribution is 2.48. The van der Waals surface area contributed by atoms with E-state index in [-0.39, 0.29) is 6.03 Å². The number of aliphatic carboxylic acids is 1. The normalized spacial score (nSPS) is 29.3. The van der Waals surface area contributed by atoms with Crippen LogP contribution < -0.4 is 5.32 Å². The number of fused-ring (bicyclic) bond motifs is 2. The molecule has 0 heterocycles. The molecule has 2 bridgehead atoms. The number of amides is 2. The van der Waals surface area contributed by atoms with Crippen molar-refractivity contribution in [3.05, 3.63) is 0 Å². The van der Waals surface area contributed by atoms with Crippen LogP contribution in [0.25, 0.3) is 0 Å². The maximum Gasteiger partial charge on any atom is 0.328 e. The first-order valence-electron chi connectivity index (χ1n) is 7.06. The Morgan fingerprint density at radius 3 is 2.47 bits per heavy atom. The quantitative estimate of drug-likeness (QED) is 0.818. The lowest BCUT2D eigenvalue weighted by Crippen LogP contribution is -2.54. The first-order chi connectivity index (χ1) is 8.79. The summed E-state index contributed by atoms with van der Waals surface area (Å²) in [5, 5.41) is 11.6. The summed E-state index contributed by atoms with van der Waals surface area (Å²) in [7, 11) is 1.75. The van der Waals surface area contributed by atoms with E-state index in [9.17, 15) is 9.59 Å². The minimum atomic E-state index is -1.22. The molecule has 0 aliphatic heterocycles. The lowest BCUT2D eigenvalue weighted by Gasteiger charge is -2.30. The van der Waals surface area contributed by atoms with Gasteiger partial charge in [-0.05, 0) is 50.9 Å². The molecule has 2 N–H and O–H groups in total. The number of carbonyl (C=O) groups excluding carboxylic acids is 1. The first kappa shape index (κ1) is 14.2. The van der Waals surface area contributed by atoms with Gasteiger partial charge in [-0.25, -0.2) is 9.59 Å². The van der Waals surface area contributed by atoms with Gasteiger partial charge in [0.25, 0.3) is 0 Å². The molecule has 0 aromatic carbocycles. The smallest absolute Gasteiger partial charge is 0.328 e. The number of nitrogens with one attached hydrogen (secondary N) is 1. The molecular weight excluding hydrogens is 244 g/mol. The zero-order valence-electron chi connectivity index (χ0n) is 12.0. The summed E-state index contributed by atoms with van der Waals surface area (Å²) >= 11 is 0. The molecule has 3 atom stereocenters. The van der Waals surface area contributed by atoms with Crippen LogP contribution in [-0.2, 0) is 4.79 Å². The number of rotatable bonds is 4. The molecule has 0 saturated heterocycles. The van der Waals surface area contributed by atoms with E-state index >= 15 is 0 Å². The topological polar surface area (TPSA) is 69.6 Å².